The number of hydrogen-bond acceptors (Lipinski definition) is 1. The molecular formula is C10H18S. The first-order valence-electron chi connectivity index (χ1n) is 4.27. The van der Waals surface area contributed by atoms with Crippen molar-refractivity contribution in [2.24, 2.45) is 0 Å². The molecule has 0 saturated heterocycles. The van der Waals surface area contributed by atoms with Gasteiger partial charge in [0.25, 0.3) is 0 Å². The van der Waals surface area contributed by atoms with Gasteiger partial charge in [-0.1, -0.05) is 38.5 Å². The van der Waals surface area contributed by atoms with Gasteiger partial charge in [0.2, 0.25) is 0 Å². The lowest BCUT2D eigenvalue weighted by atomic mass is 10.1. The molecule has 0 aromatic heterocycles. The lowest BCUT2D eigenvalue weighted by Gasteiger charge is -1.95. The summed E-state index contributed by atoms with van der Waals surface area (Å²) in [5.74, 6) is 1.15. The van der Waals surface area contributed by atoms with Gasteiger partial charge in [0.1, 0.15) is 0 Å². The molecule has 0 fully saturated rings. The van der Waals surface area contributed by atoms with Gasteiger partial charge >= 0.3 is 0 Å². The van der Waals surface area contributed by atoms with Crippen molar-refractivity contribution < 1.29 is 0 Å². The molecule has 0 nitrogen and oxygen atoms in total. The average Bonchev–Trinajstić information content (AvgIpc) is 2.01. The molecular weight excluding hydrogens is 152 g/mol. The molecule has 0 unspecified atom stereocenters. The van der Waals surface area contributed by atoms with Crippen LogP contribution in [-0.2, 0) is 0 Å². The van der Waals surface area contributed by atoms with Gasteiger partial charge in [0, 0.05) is 0 Å². The van der Waals surface area contributed by atoms with E-state index in [0.29, 0.717) is 0 Å². The van der Waals surface area contributed by atoms with Crippen LogP contribution >= 0.6 is 11.8 Å². The van der Waals surface area contributed by atoms with Crippen molar-refractivity contribution in [3.63, 3.8) is 0 Å². The Bertz CT molecular complexity index is 125. The summed E-state index contributed by atoms with van der Waals surface area (Å²) in [5, 5.41) is 2.14. The lowest BCUT2D eigenvalue weighted by molar-refractivity contribution is 0.800. The van der Waals surface area contributed by atoms with Gasteiger partial charge < -0.3 is 0 Å². The summed E-state index contributed by atoms with van der Waals surface area (Å²) in [5.41, 5.74) is 1.26. The Morgan fingerprint density at radius 3 is 2.73 bits per heavy atom. The number of allylic oxidation sites excluding steroid dienone is 2. The maximum absolute atomic E-state index is 3.96. The summed E-state index contributed by atoms with van der Waals surface area (Å²) < 4.78 is 0. The van der Waals surface area contributed by atoms with E-state index in [1.165, 1.54) is 18.4 Å². The van der Waals surface area contributed by atoms with Crippen LogP contribution in [0, 0.1) is 0 Å². The molecule has 0 atom stereocenters. The molecule has 0 bridgehead atoms. The van der Waals surface area contributed by atoms with Crippen LogP contribution in [0.1, 0.15) is 33.1 Å². The zero-order valence-electron chi connectivity index (χ0n) is 7.60. The van der Waals surface area contributed by atoms with Gasteiger partial charge in [0.05, 0.1) is 0 Å². The van der Waals surface area contributed by atoms with E-state index >= 15 is 0 Å². The van der Waals surface area contributed by atoms with Gasteiger partial charge in [-0.25, -0.2) is 0 Å². The molecule has 11 heavy (non-hydrogen) atoms. The van der Waals surface area contributed by atoms with Crippen LogP contribution < -0.4 is 0 Å². The molecule has 0 aromatic rings. The number of thioether (sulfide) groups is 1. The summed E-state index contributed by atoms with van der Waals surface area (Å²) in [6.07, 6.45) is 5.80. The van der Waals surface area contributed by atoms with Gasteiger partial charge in [0.15, 0.2) is 0 Å². The van der Waals surface area contributed by atoms with Crippen LogP contribution in [0.5, 0.6) is 0 Å². The average molecular weight is 170 g/mol. The molecule has 0 aromatic carbocycles. The minimum atomic E-state index is 1.15. The minimum absolute atomic E-state index is 1.15. The van der Waals surface area contributed by atoms with E-state index in [4.69, 9.17) is 0 Å². The highest BCUT2D eigenvalue weighted by atomic mass is 32.2. The summed E-state index contributed by atoms with van der Waals surface area (Å²) >= 11 is 1.83. The summed E-state index contributed by atoms with van der Waals surface area (Å²) in [7, 11) is 0. The Kier molecular flexibility index (Phi) is 7.81. The molecule has 0 heterocycles. The molecule has 0 N–H and O–H groups in total. The van der Waals surface area contributed by atoms with E-state index in [1.807, 2.05) is 11.8 Å². The second-order valence-electron chi connectivity index (χ2n) is 2.52. The van der Waals surface area contributed by atoms with E-state index in [0.717, 1.165) is 12.2 Å². The molecule has 1 heteroatoms. The van der Waals surface area contributed by atoms with Crippen molar-refractivity contribution in [2.45, 2.75) is 33.1 Å². The predicted octanol–water partition coefficient (Wildman–Crippen LogP) is 4.00. The fourth-order valence-electron chi connectivity index (χ4n) is 0.728. The lowest BCUT2D eigenvalue weighted by Crippen LogP contribution is -1.75. The fraction of sp³-hybridized carbons (Fsp3) is 0.600. The molecule has 0 amide bonds. The predicted molar refractivity (Wildman–Crippen MR) is 55.9 cm³/mol. The standard InChI is InChI=1S/C10H18S/c1-4-6-7-10(3)8-9-11-5-2/h8-9H,3-7H2,1-2H3/b9-8+. The van der Waals surface area contributed by atoms with Crippen molar-refractivity contribution in [3.05, 3.63) is 23.6 Å². The van der Waals surface area contributed by atoms with E-state index < -0.39 is 0 Å². The van der Waals surface area contributed by atoms with Crippen molar-refractivity contribution in [2.75, 3.05) is 5.75 Å². The maximum Gasteiger partial charge on any atom is -0.00544 e. The highest BCUT2D eigenvalue weighted by Gasteiger charge is 1.86. The van der Waals surface area contributed by atoms with Crippen molar-refractivity contribution in [1.82, 2.24) is 0 Å². The normalized spacial score (nSPS) is 10.7. The van der Waals surface area contributed by atoms with Crippen molar-refractivity contribution >= 4 is 11.8 Å². The SMILES string of the molecule is C=C(/C=C/SCC)CCCC. The van der Waals surface area contributed by atoms with Crippen LogP contribution in [0.3, 0.4) is 0 Å². The Hall–Kier alpha value is -0.170. The molecule has 0 aliphatic heterocycles. The summed E-state index contributed by atoms with van der Waals surface area (Å²) in [6.45, 7) is 8.33. The van der Waals surface area contributed by atoms with Gasteiger partial charge in [-0.15, -0.1) is 11.8 Å². The first-order chi connectivity index (χ1) is 5.31. The third kappa shape index (κ3) is 7.73. The largest absolute Gasteiger partial charge is 0.134 e. The topological polar surface area (TPSA) is 0 Å². The summed E-state index contributed by atoms with van der Waals surface area (Å²) in [6, 6.07) is 0. The Morgan fingerprint density at radius 1 is 1.45 bits per heavy atom. The van der Waals surface area contributed by atoms with Crippen molar-refractivity contribution in [1.29, 1.82) is 0 Å². The second kappa shape index (κ2) is 7.93. The Balaban J connectivity index is 3.35. The summed E-state index contributed by atoms with van der Waals surface area (Å²) in [4.78, 5) is 0. The highest BCUT2D eigenvalue weighted by molar-refractivity contribution is 8.02. The zero-order chi connectivity index (χ0) is 8.53. The van der Waals surface area contributed by atoms with E-state index in [9.17, 15) is 0 Å². The first kappa shape index (κ1) is 10.8. The van der Waals surface area contributed by atoms with Gasteiger partial charge in [-0.3, -0.25) is 0 Å². The minimum Gasteiger partial charge on any atom is -0.134 e. The molecule has 64 valence electrons. The third-order valence-corrected chi connectivity index (χ3v) is 2.08. The third-order valence-electron chi connectivity index (χ3n) is 1.42. The molecule has 0 rings (SSSR count). The smallest absolute Gasteiger partial charge is 0.00544 e. The first-order valence-corrected chi connectivity index (χ1v) is 5.32. The maximum atomic E-state index is 3.96. The van der Waals surface area contributed by atoms with E-state index in [-0.39, 0.29) is 0 Å². The van der Waals surface area contributed by atoms with Gasteiger partial charge in [-0.05, 0) is 24.0 Å². The number of unbranched alkanes of at least 4 members (excludes halogenated alkanes) is 1. The second-order valence-corrected chi connectivity index (χ2v) is 3.70. The van der Waals surface area contributed by atoms with Crippen LogP contribution in [0.2, 0.25) is 0 Å². The Labute approximate surface area is 74.8 Å². The molecule has 0 aliphatic carbocycles. The monoisotopic (exact) mass is 170 g/mol. The fourth-order valence-corrected chi connectivity index (χ4v) is 1.21. The van der Waals surface area contributed by atoms with E-state index in [2.05, 4.69) is 31.9 Å². The van der Waals surface area contributed by atoms with Crippen LogP contribution in [0.15, 0.2) is 23.6 Å². The van der Waals surface area contributed by atoms with Crippen LogP contribution in [-0.4, -0.2) is 5.75 Å². The molecule has 0 spiro atoms. The molecule has 0 radical (unpaired) electrons. The highest BCUT2D eigenvalue weighted by Crippen LogP contribution is 2.09. The molecule has 0 saturated carbocycles. The van der Waals surface area contributed by atoms with Gasteiger partial charge in [-0.2, -0.15) is 0 Å². The van der Waals surface area contributed by atoms with Crippen LogP contribution in [0.25, 0.3) is 0 Å². The molecule has 0 aliphatic rings. The zero-order valence-corrected chi connectivity index (χ0v) is 8.41. The van der Waals surface area contributed by atoms with E-state index in [1.54, 1.807) is 0 Å². The van der Waals surface area contributed by atoms with Crippen molar-refractivity contribution in [3.8, 4) is 0 Å². The number of hydrogen-bond donors (Lipinski definition) is 0. The number of rotatable bonds is 6. The quantitative estimate of drug-likeness (QED) is 0.543. The van der Waals surface area contributed by atoms with Crippen LogP contribution in [0.4, 0.5) is 0 Å². The Morgan fingerprint density at radius 2 is 2.18 bits per heavy atom.